The van der Waals surface area contributed by atoms with Crippen LogP contribution in [-0.2, 0) is 4.74 Å². The van der Waals surface area contributed by atoms with E-state index in [1.165, 1.54) is 32.4 Å². The van der Waals surface area contributed by atoms with Gasteiger partial charge in [0.05, 0.1) is 6.61 Å². The topological polar surface area (TPSA) is 33.3 Å². The third kappa shape index (κ3) is 3.94. The second-order valence-corrected chi connectivity index (χ2v) is 6.14. The van der Waals surface area contributed by atoms with E-state index in [2.05, 4.69) is 24.5 Å². The first-order valence-electron chi connectivity index (χ1n) is 7.22. The monoisotopic (exact) mass is 240 g/mol. The summed E-state index contributed by atoms with van der Waals surface area (Å²) in [7, 11) is 0. The van der Waals surface area contributed by atoms with Gasteiger partial charge in [-0.15, -0.1) is 0 Å². The second-order valence-electron chi connectivity index (χ2n) is 6.14. The minimum Gasteiger partial charge on any atom is -0.380 e. The average molecular weight is 240 g/mol. The van der Waals surface area contributed by atoms with E-state index in [0.717, 1.165) is 38.1 Å². The molecule has 1 unspecified atom stereocenters. The summed E-state index contributed by atoms with van der Waals surface area (Å²) in [5, 5.41) is 7.08. The molecule has 1 atom stereocenters. The Bertz CT molecular complexity index is 220. The predicted molar refractivity (Wildman–Crippen MR) is 71.2 cm³/mol. The highest BCUT2D eigenvalue weighted by molar-refractivity contribution is 4.91. The molecular weight excluding hydrogens is 212 g/mol. The Morgan fingerprint density at radius 1 is 1.41 bits per heavy atom. The van der Waals surface area contributed by atoms with Crippen molar-refractivity contribution < 1.29 is 4.74 Å². The zero-order valence-corrected chi connectivity index (χ0v) is 11.4. The maximum Gasteiger partial charge on any atom is 0.0591 e. The van der Waals surface area contributed by atoms with Gasteiger partial charge in [0.25, 0.3) is 0 Å². The highest BCUT2D eigenvalue weighted by Crippen LogP contribution is 2.33. The molecule has 2 fully saturated rings. The van der Waals surface area contributed by atoms with Gasteiger partial charge in [-0.25, -0.2) is 0 Å². The third-order valence-electron chi connectivity index (χ3n) is 4.45. The molecule has 17 heavy (non-hydrogen) atoms. The van der Waals surface area contributed by atoms with E-state index in [1.54, 1.807) is 0 Å². The molecule has 1 saturated carbocycles. The van der Waals surface area contributed by atoms with Crippen LogP contribution in [0.3, 0.4) is 0 Å². The molecule has 0 bridgehead atoms. The van der Waals surface area contributed by atoms with Gasteiger partial charge in [-0.05, 0) is 43.1 Å². The lowest BCUT2D eigenvalue weighted by Gasteiger charge is -2.33. The zero-order chi connectivity index (χ0) is 12.1. The van der Waals surface area contributed by atoms with Gasteiger partial charge in [-0.1, -0.05) is 13.8 Å². The van der Waals surface area contributed by atoms with Crippen molar-refractivity contribution in [3.8, 4) is 0 Å². The third-order valence-corrected chi connectivity index (χ3v) is 4.45. The molecule has 3 heteroatoms. The minimum absolute atomic E-state index is 0.469. The molecule has 0 radical (unpaired) electrons. The molecule has 0 aromatic rings. The van der Waals surface area contributed by atoms with Crippen molar-refractivity contribution in [2.45, 2.75) is 33.1 Å². The van der Waals surface area contributed by atoms with E-state index in [9.17, 15) is 0 Å². The SMILES string of the molecule is CC(C)C1(CNCCOCC2CC2)CCNC1. The summed E-state index contributed by atoms with van der Waals surface area (Å²) < 4.78 is 5.64. The molecule has 0 aromatic carbocycles. The molecule has 1 aliphatic heterocycles. The lowest BCUT2D eigenvalue weighted by atomic mass is 9.76. The van der Waals surface area contributed by atoms with E-state index >= 15 is 0 Å². The minimum atomic E-state index is 0.469. The fraction of sp³-hybridized carbons (Fsp3) is 1.00. The van der Waals surface area contributed by atoms with Crippen LogP contribution in [0, 0.1) is 17.3 Å². The molecule has 1 aliphatic carbocycles. The Kier molecular flexibility index (Phi) is 4.83. The highest BCUT2D eigenvalue weighted by Gasteiger charge is 2.36. The molecule has 3 nitrogen and oxygen atoms in total. The number of rotatable bonds is 8. The quantitative estimate of drug-likeness (QED) is 0.633. The van der Waals surface area contributed by atoms with Crippen LogP contribution in [0.1, 0.15) is 33.1 Å². The van der Waals surface area contributed by atoms with Crippen molar-refractivity contribution in [3.63, 3.8) is 0 Å². The van der Waals surface area contributed by atoms with Crippen LogP contribution in [0.25, 0.3) is 0 Å². The molecule has 1 saturated heterocycles. The zero-order valence-electron chi connectivity index (χ0n) is 11.4. The van der Waals surface area contributed by atoms with Crippen molar-refractivity contribution >= 4 is 0 Å². The molecule has 0 aromatic heterocycles. The van der Waals surface area contributed by atoms with Crippen LogP contribution >= 0.6 is 0 Å². The first kappa shape index (κ1) is 13.3. The van der Waals surface area contributed by atoms with Crippen molar-refractivity contribution in [3.05, 3.63) is 0 Å². The van der Waals surface area contributed by atoms with Gasteiger partial charge in [-0.3, -0.25) is 0 Å². The van der Waals surface area contributed by atoms with Crippen LogP contribution in [-0.4, -0.2) is 39.4 Å². The molecule has 2 aliphatic rings. The Balaban J connectivity index is 1.55. The van der Waals surface area contributed by atoms with Gasteiger partial charge >= 0.3 is 0 Å². The Morgan fingerprint density at radius 2 is 2.24 bits per heavy atom. The Hall–Kier alpha value is -0.120. The standard InChI is InChI=1S/C14H28N2O/c1-12(2)14(5-6-15-10-14)11-16-7-8-17-9-13-3-4-13/h12-13,15-16H,3-11H2,1-2H3. The summed E-state index contributed by atoms with van der Waals surface area (Å²) in [6, 6.07) is 0. The highest BCUT2D eigenvalue weighted by atomic mass is 16.5. The number of hydrogen-bond acceptors (Lipinski definition) is 3. The normalized spacial score (nSPS) is 29.1. The van der Waals surface area contributed by atoms with Gasteiger partial charge in [-0.2, -0.15) is 0 Å². The van der Waals surface area contributed by atoms with E-state index in [-0.39, 0.29) is 0 Å². The molecule has 100 valence electrons. The number of ether oxygens (including phenoxy) is 1. The summed E-state index contributed by atoms with van der Waals surface area (Å²) in [5.41, 5.74) is 0.469. The second kappa shape index (κ2) is 6.17. The fourth-order valence-corrected chi connectivity index (χ4v) is 2.63. The molecule has 0 spiro atoms. The summed E-state index contributed by atoms with van der Waals surface area (Å²) >= 11 is 0. The maximum absolute atomic E-state index is 5.64. The molecule has 2 rings (SSSR count). The number of hydrogen-bond donors (Lipinski definition) is 2. The first-order chi connectivity index (χ1) is 8.23. The van der Waals surface area contributed by atoms with Crippen LogP contribution < -0.4 is 10.6 Å². The average Bonchev–Trinajstić information content (AvgIpc) is 3.00. The first-order valence-corrected chi connectivity index (χ1v) is 7.22. The van der Waals surface area contributed by atoms with Crippen LogP contribution in [0.15, 0.2) is 0 Å². The smallest absolute Gasteiger partial charge is 0.0591 e. The van der Waals surface area contributed by atoms with Gasteiger partial charge in [0.2, 0.25) is 0 Å². The molecular formula is C14H28N2O. The number of nitrogens with one attached hydrogen (secondary N) is 2. The van der Waals surface area contributed by atoms with Gasteiger partial charge in [0, 0.05) is 26.2 Å². The van der Waals surface area contributed by atoms with Gasteiger partial charge < -0.3 is 15.4 Å². The van der Waals surface area contributed by atoms with E-state index in [0.29, 0.717) is 5.41 Å². The Labute approximate surface area is 106 Å². The lowest BCUT2D eigenvalue weighted by Crippen LogP contribution is -2.41. The van der Waals surface area contributed by atoms with E-state index < -0.39 is 0 Å². The van der Waals surface area contributed by atoms with E-state index in [4.69, 9.17) is 4.74 Å². The molecule has 2 N–H and O–H groups in total. The summed E-state index contributed by atoms with van der Waals surface area (Å²) in [6.45, 7) is 11.0. The van der Waals surface area contributed by atoms with Gasteiger partial charge in [0.1, 0.15) is 0 Å². The summed E-state index contributed by atoms with van der Waals surface area (Å²) in [6.07, 6.45) is 4.08. The van der Waals surface area contributed by atoms with Crippen LogP contribution in [0.2, 0.25) is 0 Å². The van der Waals surface area contributed by atoms with Gasteiger partial charge in [0.15, 0.2) is 0 Å². The maximum atomic E-state index is 5.64. The lowest BCUT2D eigenvalue weighted by molar-refractivity contribution is 0.120. The van der Waals surface area contributed by atoms with E-state index in [1.807, 2.05) is 0 Å². The van der Waals surface area contributed by atoms with Crippen molar-refractivity contribution in [2.75, 3.05) is 39.4 Å². The van der Waals surface area contributed by atoms with Crippen LogP contribution in [0.4, 0.5) is 0 Å². The molecule has 1 heterocycles. The summed E-state index contributed by atoms with van der Waals surface area (Å²) in [5.74, 6) is 1.63. The van der Waals surface area contributed by atoms with Crippen molar-refractivity contribution in [1.29, 1.82) is 0 Å². The van der Waals surface area contributed by atoms with Crippen LogP contribution in [0.5, 0.6) is 0 Å². The van der Waals surface area contributed by atoms with Crippen molar-refractivity contribution in [2.24, 2.45) is 17.3 Å². The molecule has 0 amide bonds. The predicted octanol–water partition coefficient (Wildman–Crippen LogP) is 1.64. The largest absolute Gasteiger partial charge is 0.380 e. The van der Waals surface area contributed by atoms with Crippen molar-refractivity contribution in [1.82, 2.24) is 10.6 Å². The fourth-order valence-electron chi connectivity index (χ4n) is 2.63. The Morgan fingerprint density at radius 3 is 2.82 bits per heavy atom. The summed E-state index contributed by atoms with van der Waals surface area (Å²) in [4.78, 5) is 0.